The third kappa shape index (κ3) is 4.59. The molecule has 0 spiro atoms. The lowest BCUT2D eigenvalue weighted by atomic mass is 10.1. The van der Waals surface area contributed by atoms with Crippen LogP contribution in [0.25, 0.3) is 0 Å². The highest BCUT2D eigenvalue weighted by Crippen LogP contribution is 2.37. The van der Waals surface area contributed by atoms with E-state index in [9.17, 15) is 0 Å². The van der Waals surface area contributed by atoms with Gasteiger partial charge in [-0.15, -0.1) is 0 Å². The topological polar surface area (TPSA) is 53.7 Å². The van der Waals surface area contributed by atoms with Crippen LogP contribution in [0.15, 0.2) is 16.6 Å². The lowest BCUT2D eigenvalue weighted by molar-refractivity contribution is 0.0256. The molecule has 1 aliphatic heterocycles. The zero-order chi connectivity index (χ0) is 15.2. The molecule has 1 aromatic carbocycles. The Morgan fingerprint density at radius 3 is 2.76 bits per heavy atom. The van der Waals surface area contributed by atoms with Crippen molar-refractivity contribution in [3.8, 4) is 11.5 Å². The Hall–Kier alpha value is -0.780. The van der Waals surface area contributed by atoms with E-state index in [2.05, 4.69) is 22.9 Å². The molecule has 2 rings (SSSR count). The number of halogens is 1. The van der Waals surface area contributed by atoms with Crippen LogP contribution in [0.4, 0.5) is 0 Å². The van der Waals surface area contributed by atoms with Gasteiger partial charge < -0.3 is 19.9 Å². The Bertz CT molecular complexity index is 467. The molecule has 1 heterocycles. The van der Waals surface area contributed by atoms with E-state index in [0.29, 0.717) is 25.9 Å². The van der Waals surface area contributed by atoms with Crippen LogP contribution in [0.5, 0.6) is 11.5 Å². The zero-order valence-corrected chi connectivity index (χ0v) is 14.3. The molecule has 118 valence electrons. The van der Waals surface area contributed by atoms with Gasteiger partial charge in [-0.2, -0.15) is 0 Å². The Labute approximate surface area is 135 Å². The van der Waals surface area contributed by atoms with Gasteiger partial charge >= 0.3 is 0 Å². The Morgan fingerprint density at radius 2 is 2.14 bits per heavy atom. The smallest absolute Gasteiger partial charge is 0.175 e. The minimum absolute atomic E-state index is 0.171. The molecule has 0 radical (unpaired) electrons. The van der Waals surface area contributed by atoms with Crippen molar-refractivity contribution in [2.24, 2.45) is 5.73 Å². The first kappa shape index (κ1) is 16.6. The maximum atomic E-state index is 5.96. The van der Waals surface area contributed by atoms with E-state index in [0.717, 1.165) is 40.8 Å². The number of hydrogen-bond acceptors (Lipinski definition) is 4. The van der Waals surface area contributed by atoms with Crippen LogP contribution < -0.4 is 15.2 Å². The summed E-state index contributed by atoms with van der Waals surface area (Å²) in [4.78, 5) is 0. The molecule has 2 atom stereocenters. The second-order valence-corrected chi connectivity index (χ2v) is 6.19. The maximum Gasteiger partial charge on any atom is 0.175 e. The van der Waals surface area contributed by atoms with Gasteiger partial charge in [0.1, 0.15) is 6.61 Å². The summed E-state index contributed by atoms with van der Waals surface area (Å²) in [5, 5.41) is 0. The third-order valence-electron chi connectivity index (χ3n) is 3.54. The molecule has 4 nitrogen and oxygen atoms in total. The van der Waals surface area contributed by atoms with E-state index in [4.69, 9.17) is 19.9 Å². The van der Waals surface area contributed by atoms with Crippen LogP contribution in [0.1, 0.15) is 32.3 Å². The Balaban J connectivity index is 2.09. The normalized spacial score (nSPS) is 21.5. The number of benzene rings is 1. The van der Waals surface area contributed by atoms with Crippen LogP contribution in [-0.2, 0) is 11.2 Å². The lowest BCUT2D eigenvalue weighted by Crippen LogP contribution is -2.18. The summed E-state index contributed by atoms with van der Waals surface area (Å²) >= 11 is 3.57. The summed E-state index contributed by atoms with van der Waals surface area (Å²) in [5.41, 5.74) is 6.77. The first-order valence-electron chi connectivity index (χ1n) is 7.57. The summed E-state index contributed by atoms with van der Waals surface area (Å²) in [7, 11) is 0. The van der Waals surface area contributed by atoms with Gasteiger partial charge in [0.25, 0.3) is 0 Å². The van der Waals surface area contributed by atoms with Crippen LogP contribution >= 0.6 is 15.9 Å². The molecular weight excluding hydrogens is 334 g/mol. The molecule has 5 heteroatoms. The van der Waals surface area contributed by atoms with E-state index >= 15 is 0 Å². The van der Waals surface area contributed by atoms with Gasteiger partial charge in [-0.1, -0.05) is 0 Å². The van der Waals surface area contributed by atoms with Gasteiger partial charge in [0.05, 0.1) is 23.3 Å². The molecule has 1 saturated heterocycles. The highest BCUT2D eigenvalue weighted by molar-refractivity contribution is 9.10. The Kier molecular flexibility index (Phi) is 6.33. The predicted molar refractivity (Wildman–Crippen MR) is 87.1 cm³/mol. The molecule has 0 saturated carbocycles. The van der Waals surface area contributed by atoms with Crippen molar-refractivity contribution in [2.75, 3.05) is 19.8 Å². The quantitative estimate of drug-likeness (QED) is 0.813. The zero-order valence-electron chi connectivity index (χ0n) is 12.7. The summed E-state index contributed by atoms with van der Waals surface area (Å²) in [6.45, 7) is 5.84. The molecule has 1 fully saturated rings. The monoisotopic (exact) mass is 357 g/mol. The van der Waals surface area contributed by atoms with Gasteiger partial charge in [-0.3, -0.25) is 0 Å². The van der Waals surface area contributed by atoms with E-state index in [1.165, 1.54) is 0 Å². The van der Waals surface area contributed by atoms with E-state index < -0.39 is 0 Å². The second-order valence-electron chi connectivity index (χ2n) is 5.33. The van der Waals surface area contributed by atoms with Gasteiger partial charge in [-0.05, 0) is 73.3 Å². The first-order chi connectivity index (χ1) is 10.1. The number of ether oxygens (including phenoxy) is 3. The van der Waals surface area contributed by atoms with Crippen molar-refractivity contribution in [3.05, 3.63) is 22.2 Å². The summed E-state index contributed by atoms with van der Waals surface area (Å²) in [5.74, 6) is 1.52. The lowest BCUT2D eigenvalue weighted by Gasteiger charge is -2.17. The van der Waals surface area contributed by atoms with Crippen molar-refractivity contribution in [3.63, 3.8) is 0 Å². The van der Waals surface area contributed by atoms with Gasteiger partial charge in [0.2, 0.25) is 0 Å². The average Bonchev–Trinajstić information content (AvgIpc) is 2.84. The molecule has 0 aliphatic carbocycles. The molecule has 2 unspecified atom stereocenters. The van der Waals surface area contributed by atoms with Crippen LogP contribution in [0.2, 0.25) is 0 Å². The van der Waals surface area contributed by atoms with Gasteiger partial charge in [0, 0.05) is 0 Å². The van der Waals surface area contributed by atoms with Crippen molar-refractivity contribution >= 4 is 15.9 Å². The van der Waals surface area contributed by atoms with Gasteiger partial charge in [-0.25, -0.2) is 0 Å². The SMILES string of the molecule is CCOc1cc(CCN)cc(Br)c1OCC1CCC(C)O1. The fraction of sp³-hybridized carbons (Fsp3) is 0.625. The summed E-state index contributed by atoms with van der Waals surface area (Å²) in [6.07, 6.45) is 3.48. The fourth-order valence-corrected chi connectivity index (χ4v) is 3.12. The highest BCUT2D eigenvalue weighted by atomic mass is 79.9. The van der Waals surface area contributed by atoms with Crippen molar-refractivity contribution in [1.29, 1.82) is 0 Å². The third-order valence-corrected chi connectivity index (χ3v) is 4.12. The van der Waals surface area contributed by atoms with E-state index in [1.54, 1.807) is 0 Å². The molecule has 2 N–H and O–H groups in total. The Morgan fingerprint density at radius 1 is 1.33 bits per heavy atom. The summed E-state index contributed by atoms with van der Waals surface area (Å²) < 4.78 is 18.4. The largest absolute Gasteiger partial charge is 0.490 e. The predicted octanol–water partition coefficient (Wildman–Crippen LogP) is 3.30. The molecule has 1 aromatic rings. The first-order valence-corrected chi connectivity index (χ1v) is 8.36. The van der Waals surface area contributed by atoms with Crippen molar-refractivity contribution < 1.29 is 14.2 Å². The highest BCUT2D eigenvalue weighted by Gasteiger charge is 2.23. The maximum absolute atomic E-state index is 5.96. The molecule has 0 amide bonds. The molecule has 21 heavy (non-hydrogen) atoms. The summed E-state index contributed by atoms with van der Waals surface area (Å²) in [6, 6.07) is 4.05. The second kappa shape index (κ2) is 8.01. The van der Waals surface area contributed by atoms with Crippen LogP contribution in [0, 0.1) is 0 Å². The van der Waals surface area contributed by atoms with Crippen LogP contribution in [0.3, 0.4) is 0 Å². The molecule has 0 bridgehead atoms. The van der Waals surface area contributed by atoms with Crippen molar-refractivity contribution in [2.45, 2.75) is 45.3 Å². The van der Waals surface area contributed by atoms with E-state index in [-0.39, 0.29) is 6.10 Å². The van der Waals surface area contributed by atoms with Gasteiger partial charge in [0.15, 0.2) is 11.5 Å². The minimum Gasteiger partial charge on any atom is -0.490 e. The number of nitrogens with two attached hydrogens (primary N) is 1. The van der Waals surface area contributed by atoms with E-state index in [1.807, 2.05) is 19.1 Å². The standard InChI is InChI=1S/C16H24BrNO3/c1-3-19-15-9-12(6-7-18)8-14(17)16(15)20-10-13-5-4-11(2)21-13/h8-9,11,13H,3-7,10,18H2,1-2H3. The average molecular weight is 358 g/mol. The van der Waals surface area contributed by atoms with Crippen molar-refractivity contribution in [1.82, 2.24) is 0 Å². The number of hydrogen-bond donors (Lipinski definition) is 1. The molecular formula is C16H24BrNO3. The minimum atomic E-state index is 0.171. The molecule has 0 aromatic heterocycles. The molecule has 1 aliphatic rings. The number of rotatable bonds is 7. The van der Waals surface area contributed by atoms with Crippen LogP contribution in [-0.4, -0.2) is 32.0 Å². The fourth-order valence-electron chi connectivity index (χ4n) is 2.52.